The number of nitrogens with one attached hydrogen (secondary N) is 2. The molecule has 2 N–H and O–H groups in total. The average Bonchev–Trinajstić information content (AvgIpc) is 2.80. The van der Waals surface area contributed by atoms with Crippen LogP contribution in [0.25, 0.3) is 0 Å². The second kappa shape index (κ2) is 13.6. The van der Waals surface area contributed by atoms with E-state index in [1.54, 1.807) is 51.1 Å². The highest BCUT2D eigenvalue weighted by atomic mass is 19.1. The minimum atomic E-state index is -1.34. The summed E-state index contributed by atoms with van der Waals surface area (Å²) in [5.74, 6) is -4.91. The molecule has 2 rings (SSSR count). The highest BCUT2D eigenvalue weighted by Crippen LogP contribution is 2.14. The van der Waals surface area contributed by atoms with Crippen molar-refractivity contribution in [3.63, 3.8) is 0 Å². The van der Waals surface area contributed by atoms with Gasteiger partial charge in [0.1, 0.15) is 28.8 Å². The first kappa shape index (κ1) is 30.4. The fourth-order valence-corrected chi connectivity index (χ4v) is 3.52. The standard InChI is InChI=1S/C28H34F2N2O6/c1-17(2)14-22(32-27(36)38-28(3,4)5)25(34)31-21(15-18-10-7-6-8-11-18)23(33)16-37-26(35)24-19(29)12-9-13-20(24)30/h6-13,17,21-22H,14-16H2,1-5H3,(H,31,34)(H,32,36). The lowest BCUT2D eigenvalue weighted by Gasteiger charge is -2.26. The van der Waals surface area contributed by atoms with E-state index in [9.17, 15) is 28.0 Å². The molecule has 2 aromatic rings. The van der Waals surface area contributed by atoms with Crippen LogP contribution in [0.3, 0.4) is 0 Å². The Balaban J connectivity index is 2.19. The molecule has 0 heterocycles. The van der Waals surface area contributed by atoms with Crippen molar-refractivity contribution in [2.75, 3.05) is 6.61 Å². The van der Waals surface area contributed by atoms with Gasteiger partial charge in [-0.25, -0.2) is 18.4 Å². The number of carbonyl (C=O) groups excluding carboxylic acids is 4. The lowest BCUT2D eigenvalue weighted by molar-refractivity contribution is -0.130. The fourth-order valence-electron chi connectivity index (χ4n) is 3.52. The molecule has 2 aromatic carbocycles. The number of carbonyl (C=O) groups is 4. The highest BCUT2D eigenvalue weighted by Gasteiger charge is 2.30. The van der Waals surface area contributed by atoms with Crippen LogP contribution in [0.1, 0.15) is 57.0 Å². The van der Waals surface area contributed by atoms with Gasteiger partial charge in [0.2, 0.25) is 5.91 Å². The molecule has 0 saturated heterocycles. The van der Waals surface area contributed by atoms with Gasteiger partial charge in [-0.15, -0.1) is 0 Å². The summed E-state index contributed by atoms with van der Waals surface area (Å²) in [5.41, 5.74) is -0.989. The molecule has 0 fully saturated rings. The van der Waals surface area contributed by atoms with Gasteiger partial charge in [0.15, 0.2) is 12.4 Å². The number of rotatable bonds is 11. The van der Waals surface area contributed by atoms with Gasteiger partial charge in [0.05, 0.1) is 6.04 Å². The molecule has 0 aromatic heterocycles. The van der Waals surface area contributed by atoms with Crippen molar-refractivity contribution >= 4 is 23.8 Å². The van der Waals surface area contributed by atoms with E-state index in [4.69, 9.17) is 9.47 Å². The number of Topliss-reactive ketones (excluding diaryl/α,β-unsaturated/α-hetero) is 1. The lowest BCUT2D eigenvalue weighted by Crippen LogP contribution is -2.53. The largest absolute Gasteiger partial charge is 0.454 e. The van der Waals surface area contributed by atoms with Crippen molar-refractivity contribution in [2.24, 2.45) is 5.92 Å². The van der Waals surface area contributed by atoms with Gasteiger partial charge in [0, 0.05) is 0 Å². The number of ether oxygens (including phenoxy) is 2. The Morgan fingerprint density at radius 2 is 1.47 bits per heavy atom. The summed E-state index contributed by atoms with van der Waals surface area (Å²) in [5, 5.41) is 5.17. The van der Waals surface area contributed by atoms with Gasteiger partial charge in [0.25, 0.3) is 0 Å². The summed E-state index contributed by atoms with van der Waals surface area (Å²) in [7, 11) is 0. The van der Waals surface area contributed by atoms with E-state index in [1.807, 2.05) is 13.8 Å². The molecule has 0 aliphatic rings. The molecule has 0 radical (unpaired) electrons. The number of esters is 1. The quantitative estimate of drug-likeness (QED) is 0.416. The second-order valence-electron chi connectivity index (χ2n) is 10.2. The number of hydrogen-bond acceptors (Lipinski definition) is 6. The minimum absolute atomic E-state index is 0.0144. The lowest BCUT2D eigenvalue weighted by atomic mass is 10.00. The number of hydrogen-bond donors (Lipinski definition) is 2. The van der Waals surface area contributed by atoms with Crippen molar-refractivity contribution in [1.29, 1.82) is 0 Å². The molecule has 2 unspecified atom stereocenters. The normalized spacial score (nSPS) is 12.8. The number of alkyl carbamates (subject to hydrolysis) is 1. The van der Waals surface area contributed by atoms with Crippen LogP contribution in [0.15, 0.2) is 48.5 Å². The summed E-state index contributed by atoms with van der Waals surface area (Å²) >= 11 is 0. The SMILES string of the molecule is CC(C)CC(NC(=O)OC(C)(C)C)C(=O)NC(Cc1ccccc1)C(=O)COC(=O)c1c(F)cccc1F. The van der Waals surface area contributed by atoms with Crippen molar-refractivity contribution in [2.45, 2.75) is 65.1 Å². The Morgan fingerprint density at radius 1 is 0.868 bits per heavy atom. The minimum Gasteiger partial charge on any atom is -0.454 e. The maximum atomic E-state index is 13.9. The molecule has 8 nitrogen and oxygen atoms in total. The predicted molar refractivity (Wildman–Crippen MR) is 136 cm³/mol. The molecule has 38 heavy (non-hydrogen) atoms. The molecule has 206 valence electrons. The van der Waals surface area contributed by atoms with Gasteiger partial charge < -0.3 is 20.1 Å². The maximum Gasteiger partial charge on any atom is 0.408 e. The molecular formula is C28H34F2N2O6. The first-order valence-electron chi connectivity index (χ1n) is 12.2. The zero-order chi connectivity index (χ0) is 28.5. The van der Waals surface area contributed by atoms with E-state index in [0.29, 0.717) is 5.56 Å². The molecule has 2 atom stereocenters. The van der Waals surface area contributed by atoms with E-state index >= 15 is 0 Å². The van der Waals surface area contributed by atoms with Crippen molar-refractivity contribution < 1.29 is 37.4 Å². The third-order valence-corrected chi connectivity index (χ3v) is 5.21. The molecule has 0 aliphatic carbocycles. The predicted octanol–water partition coefficient (Wildman–Crippen LogP) is 4.36. The first-order chi connectivity index (χ1) is 17.8. The van der Waals surface area contributed by atoms with Crippen LogP contribution < -0.4 is 10.6 Å². The Bertz CT molecular complexity index is 1110. The van der Waals surface area contributed by atoms with E-state index in [1.165, 1.54) is 0 Å². The van der Waals surface area contributed by atoms with E-state index < -0.39 is 65.2 Å². The maximum absolute atomic E-state index is 13.9. The highest BCUT2D eigenvalue weighted by molar-refractivity contribution is 5.95. The summed E-state index contributed by atoms with van der Waals surface area (Å²) in [6.07, 6.45) is -0.471. The molecule has 0 aliphatic heterocycles. The van der Waals surface area contributed by atoms with Crippen LogP contribution in [-0.4, -0.2) is 48.0 Å². The van der Waals surface area contributed by atoms with E-state index in [0.717, 1.165) is 18.2 Å². The summed E-state index contributed by atoms with van der Waals surface area (Å²) in [6.45, 7) is 7.96. The van der Waals surface area contributed by atoms with Crippen LogP contribution in [-0.2, 0) is 25.5 Å². The number of halogens is 2. The fraction of sp³-hybridized carbons (Fsp3) is 0.429. The molecule has 0 spiro atoms. The second-order valence-corrected chi connectivity index (χ2v) is 10.2. The van der Waals surface area contributed by atoms with Crippen molar-refractivity contribution in [3.8, 4) is 0 Å². The topological polar surface area (TPSA) is 111 Å². The van der Waals surface area contributed by atoms with Crippen LogP contribution >= 0.6 is 0 Å². The monoisotopic (exact) mass is 532 g/mol. The van der Waals surface area contributed by atoms with Gasteiger partial charge in [-0.3, -0.25) is 9.59 Å². The van der Waals surface area contributed by atoms with Gasteiger partial charge >= 0.3 is 12.1 Å². The third-order valence-electron chi connectivity index (χ3n) is 5.21. The van der Waals surface area contributed by atoms with Gasteiger partial charge in [-0.2, -0.15) is 0 Å². The van der Waals surface area contributed by atoms with Crippen LogP contribution in [0.5, 0.6) is 0 Å². The Morgan fingerprint density at radius 3 is 2.03 bits per heavy atom. The number of ketones is 1. The summed E-state index contributed by atoms with van der Waals surface area (Å²) in [6, 6.07) is 9.51. The molecule has 0 bridgehead atoms. The van der Waals surface area contributed by atoms with Crippen molar-refractivity contribution in [3.05, 3.63) is 71.3 Å². The summed E-state index contributed by atoms with van der Waals surface area (Å²) < 4.78 is 38.0. The smallest absolute Gasteiger partial charge is 0.408 e. The Hall–Kier alpha value is -3.82. The zero-order valence-corrected chi connectivity index (χ0v) is 22.2. The molecule has 2 amide bonds. The molecular weight excluding hydrogens is 498 g/mol. The van der Waals surface area contributed by atoms with Crippen LogP contribution in [0.4, 0.5) is 13.6 Å². The van der Waals surface area contributed by atoms with Crippen LogP contribution in [0, 0.1) is 17.6 Å². The molecule has 10 heteroatoms. The first-order valence-corrected chi connectivity index (χ1v) is 12.2. The number of benzene rings is 2. The third kappa shape index (κ3) is 9.91. The summed E-state index contributed by atoms with van der Waals surface area (Å²) in [4.78, 5) is 50.8. The van der Waals surface area contributed by atoms with Gasteiger partial charge in [-0.05, 0) is 57.2 Å². The average molecular weight is 533 g/mol. The van der Waals surface area contributed by atoms with Crippen LogP contribution in [0.2, 0.25) is 0 Å². The number of amides is 2. The Kier molecular flexibility index (Phi) is 10.9. The Labute approximate surface area is 221 Å². The van der Waals surface area contributed by atoms with E-state index in [-0.39, 0.29) is 18.8 Å². The van der Waals surface area contributed by atoms with E-state index in [2.05, 4.69) is 10.6 Å². The molecule has 0 saturated carbocycles. The van der Waals surface area contributed by atoms with Gasteiger partial charge in [-0.1, -0.05) is 50.2 Å². The zero-order valence-electron chi connectivity index (χ0n) is 22.2. The van der Waals surface area contributed by atoms with Crippen molar-refractivity contribution in [1.82, 2.24) is 10.6 Å².